The van der Waals surface area contributed by atoms with E-state index in [0.717, 1.165) is 0 Å². The first-order chi connectivity index (χ1) is 19.6. The molecule has 0 heterocycles. The molecule has 0 spiro atoms. The van der Waals surface area contributed by atoms with Gasteiger partial charge < -0.3 is 33.9 Å². The summed E-state index contributed by atoms with van der Waals surface area (Å²) in [6.45, 7) is 18.2. The molecule has 0 aromatic rings. The van der Waals surface area contributed by atoms with Crippen LogP contribution in [0, 0.1) is 5.41 Å². The van der Waals surface area contributed by atoms with E-state index in [1.165, 1.54) is 23.5 Å². The molecule has 2 N–H and O–H groups in total. The van der Waals surface area contributed by atoms with Crippen molar-refractivity contribution in [3.05, 3.63) is 0 Å². The molecule has 0 aromatic heterocycles. The van der Waals surface area contributed by atoms with E-state index in [-0.39, 0.29) is 49.6 Å². The van der Waals surface area contributed by atoms with E-state index in [2.05, 4.69) is 0 Å². The van der Waals surface area contributed by atoms with Gasteiger partial charge >= 0.3 is 23.9 Å². The summed E-state index contributed by atoms with van der Waals surface area (Å²) in [6.07, 6.45) is 0.300. The maximum atomic E-state index is 13.3. The standard InChI is InChI=1S/C30H54O11S2/c1-21(2)38-19-30(10,20-39-25(35)29(8,9)41-28(6,7)13-14-40-27(3,4)5)26(36)37-17-22(43-16-12-24(33)34)18-42-15-11-23(31)32/h21-22H,11-20H2,1-10H3,(H,31,32)(H,33,34). The fourth-order valence-electron chi connectivity index (χ4n) is 3.47. The first-order valence-corrected chi connectivity index (χ1v) is 16.7. The van der Waals surface area contributed by atoms with Gasteiger partial charge in [-0.25, -0.2) is 4.79 Å². The third-order valence-corrected chi connectivity index (χ3v) is 8.40. The molecule has 11 nitrogen and oxygen atoms in total. The number of ether oxygens (including phenoxy) is 5. The summed E-state index contributed by atoms with van der Waals surface area (Å²) in [5, 5.41) is 17.6. The van der Waals surface area contributed by atoms with Crippen molar-refractivity contribution in [3.8, 4) is 0 Å². The summed E-state index contributed by atoms with van der Waals surface area (Å²) in [5.74, 6) is -1.94. The fourth-order valence-corrected chi connectivity index (χ4v) is 5.78. The van der Waals surface area contributed by atoms with Crippen LogP contribution < -0.4 is 0 Å². The Morgan fingerprint density at radius 2 is 1.37 bits per heavy atom. The van der Waals surface area contributed by atoms with E-state index in [4.69, 9.17) is 33.9 Å². The highest BCUT2D eigenvalue weighted by molar-refractivity contribution is 8.03. The van der Waals surface area contributed by atoms with E-state index in [1.807, 2.05) is 48.5 Å². The van der Waals surface area contributed by atoms with Gasteiger partial charge in [-0.05, 0) is 75.7 Å². The Hall–Kier alpha value is -1.54. The summed E-state index contributed by atoms with van der Waals surface area (Å²) in [5.41, 5.74) is -3.61. The van der Waals surface area contributed by atoms with Gasteiger partial charge in [0.15, 0.2) is 5.60 Å². The zero-order valence-corrected chi connectivity index (χ0v) is 29.2. The Labute approximate surface area is 265 Å². The second-order valence-electron chi connectivity index (χ2n) is 13.0. The van der Waals surface area contributed by atoms with Crippen LogP contribution in [0.2, 0.25) is 0 Å². The molecular formula is C30H54O11S2. The van der Waals surface area contributed by atoms with Gasteiger partial charge in [-0.2, -0.15) is 23.5 Å². The van der Waals surface area contributed by atoms with E-state index in [9.17, 15) is 19.2 Å². The lowest BCUT2D eigenvalue weighted by molar-refractivity contribution is -0.195. The highest BCUT2D eigenvalue weighted by Gasteiger charge is 2.42. The first kappa shape index (κ1) is 41.5. The third-order valence-electron chi connectivity index (χ3n) is 5.85. The number of rotatable bonds is 23. The zero-order valence-electron chi connectivity index (χ0n) is 27.6. The molecule has 0 saturated heterocycles. The lowest BCUT2D eigenvalue weighted by Crippen LogP contribution is -2.47. The number of carboxylic acids is 2. The van der Waals surface area contributed by atoms with Gasteiger partial charge in [-0.15, -0.1) is 0 Å². The van der Waals surface area contributed by atoms with Gasteiger partial charge in [0.1, 0.15) is 18.6 Å². The average molecular weight is 655 g/mol. The Morgan fingerprint density at radius 1 is 0.791 bits per heavy atom. The highest BCUT2D eigenvalue weighted by Crippen LogP contribution is 2.28. The second kappa shape index (κ2) is 19.1. The van der Waals surface area contributed by atoms with E-state index in [1.54, 1.807) is 20.8 Å². The van der Waals surface area contributed by atoms with E-state index in [0.29, 0.717) is 30.3 Å². The molecular weight excluding hydrogens is 600 g/mol. The number of carbonyl (C=O) groups is 4. The predicted molar refractivity (Wildman–Crippen MR) is 169 cm³/mol. The Balaban J connectivity index is 5.39. The summed E-state index contributed by atoms with van der Waals surface area (Å²) in [4.78, 5) is 48.3. The van der Waals surface area contributed by atoms with Gasteiger partial charge in [0.2, 0.25) is 0 Å². The highest BCUT2D eigenvalue weighted by atomic mass is 32.2. The summed E-state index contributed by atoms with van der Waals surface area (Å²) < 4.78 is 28.9. The molecule has 0 bridgehead atoms. The molecule has 0 aromatic carbocycles. The van der Waals surface area contributed by atoms with Crippen LogP contribution >= 0.6 is 23.5 Å². The molecule has 0 amide bonds. The van der Waals surface area contributed by atoms with Crippen LogP contribution in [-0.4, -0.2) is 106 Å². The molecule has 0 aliphatic heterocycles. The van der Waals surface area contributed by atoms with Gasteiger partial charge in [0.25, 0.3) is 0 Å². The summed E-state index contributed by atoms with van der Waals surface area (Å²) in [7, 11) is 0. The van der Waals surface area contributed by atoms with Gasteiger partial charge in [-0.3, -0.25) is 14.4 Å². The molecule has 252 valence electrons. The van der Waals surface area contributed by atoms with Crippen LogP contribution in [0.4, 0.5) is 0 Å². The minimum Gasteiger partial charge on any atom is -0.481 e. The molecule has 2 atom stereocenters. The largest absolute Gasteiger partial charge is 0.481 e. The molecule has 0 aliphatic carbocycles. The van der Waals surface area contributed by atoms with Crippen molar-refractivity contribution in [2.45, 2.75) is 117 Å². The van der Waals surface area contributed by atoms with Gasteiger partial charge in [0.05, 0.1) is 36.8 Å². The number of esters is 2. The number of hydrogen-bond donors (Lipinski definition) is 2. The number of thioether (sulfide) groups is 2. The van der Waals surface area contributed by atoms with Crippen molar-refractivity contribution < 1.29 is 53.1 Å². The van der Waals surface area contributed by atoms with Crippen LogP contribution in [-0.2, 0) is 42.9 Å². The Morgan fingerprint density at radius 3 is 1.91 bits per heavy atom. The monoisotopic (exact) mass is 654 g/mol. The molecule has 0 aliphatic rings. The molecule has 0 saturated carbocycles. The smallest absolute Gasteiger partial charge is 0.337 e. The number of hydrogen-bond acceptors (Lipinski definition) is 11. The maximum absolute atomic E-state index is 13.3. The fraction of sp³-hybridized carbons (Fsp3) is 0.867. The molecule has 13 heteroatoms. The van der Waals surface area contributed by atoms with Crippen LogP contribution in [0.3, 0.4) is 0 Å². The predicted octanol–water partition coefficient (Wildman–Crippen LogP) is 5.07. The Bertz CT molecular complexity index is 884. The van der Waals surface area contributed by atoms with Crippen molar-refractivity contribution in [2.75, 3.05) is 43.7 Å². The summed E-state index contributed by atoms with van der Waals surface area (Å²) in [6, 6.07) is 0. The minimum absolute atomic E-state index is 0.00507. The number of carbonyl (C=O) groups excluding carboxylic acids is 2. The van der Waals surface area contributed by atoms with E-state index >= 15 is 0 Å². The molecule has 0 rings (SSSR count). The maximum Gasteiger partial charge on any atom is 0.337 e. The molecule has 0 radical (unpaired) electrons. The number of aliphatic carboxylic acids is 2. The molecule has 2 unspecified atom stereocenters. The lowest BCUT2D eigenvalue weighted by atomic mass is 9.93. The molecule has 43 heavy (non-hydrogen) atoms. The van der Waals surface area contributed by atoms with E-state index < -0.39 is 40.5 Å². The van der Waals surface area contributed by atoms with Crippen LogP contribution in [0.15, 0.2) is 0 Å². The van der Waals surface area contributed by atoms with Crippen molar-refractivity contribution in [1.82, 2.24) is 0 Å². The number of carboxylic acid groups (broad SMARTS) is 2. The minimum atomic E-state index is -1.32. The molecule has 0 fully saturated rings. The third kappa shape index (κ3) is 20.2. The second-order valence-corrected chi connectivity index (χ2v) is 15.6. The SMILES string of the molecule is CC(C)OCC(C)(COC(=O)C(C)(C)OC(C)(C)CCOC(C)(C)C)C(=O)OCC(CSCCC(=O)O)SCCC(=O)O. The quantitative estimate of drug-likeness (QED) is 0.111. The van der Waals surface area contributed by atoms with Crippen LogP contribution in [0.1, 0.15) is 88.5 Å². The average Bonchev–Trinajstić information content (AvgIpc) is 2.84. The van der Waals surface area contributed by atoms with Crippen LogP contribution in [0.25, 0.3) is 0 Å². The van der Waals surface area contributed by atoms with Gasteiger partial charge in [-0.1, -0.05) is 0 Å². The topological polar surface area (TPSA) is 155 Å². The van der Waals surface area contributed by atoms with Crippen molar-refractivity contribution in [3.63, 3.8) is 0 Å². The van der Waals surface area contributed by atoms with Crippen molar-refractivity contribution in [1.29, 1.82) is 0 Å². The van der Waals surface area contributed by atoms with Crippen LogP contribution in [0.5, 0.6) is 0 Å². The normalized spacial score (nSPS) is 14.7. The zero-order chi connectivity index (χ0) is 33.5. The summed E-state index contributed by atoms with van der Waals surface area (Å²) >= 11 is 2.74. The van der Waals surface area contributed by atoms with Gasteiger partial charge in [0, 0.05) is 29.1 Å². The van der Waals surface area contributed by atoms with Crippen molar-refractivity contribution >= 4 is 47.4 Å². The van der Waals surface area contributed by atoms with Crippen molar-refractivity contribution in [2.24, 2.45) is 5.41 Å². The lowest BCUT2D eigenvalue weighted by Gasteiger charge is -2.36. The Kier molecular flexibility index (Phi) is 18.4. The first-order valence-electron chi connectivity index (χ1n) is 14.5.